The van der Waals surface area contributed by atoms with Gasteiger partial charge in [0.05, 0.1) is 16.9 Å². The quantitative estimate of drug-likeness (QED) is 0.474. The molecule has 3 rings (SSSR count). The molecule has 0 bridgehead atoms. The van der Waals surface area contributed by atoms with Crippen molar-refractivity contribution in [3.8, 4) is 0 Å². The van der Waals surface area contributed by atoms with Crippen LogP contribution < -0.4 is 10.9 Å². The molecule has 1 heterocycles. The Morgan fingerprint density at radius 3 is 2.53 bits per heavy atom. The van der Waals surface area contributed by atoms with E-state index in [-0.39, 0.29) is 23.6 Å². The van der Waals surface area contributed by atoms with Crippen molar-refractivity contribution in [2.24, 2.45) is 5.92 Å². The molecule has 0 saturated heterocycles. The van der Waals surface area contributed by atoms with Crippen molar-refractivity contribution in [3.63, 3.8) is 0 Å². The highest BCUT2D eigenvalue weighted by Gasteiger charge is 2.29. The van der Waals surface area contributed by atoms with Crippen LogP contribution in [0.5, 0.6) is 0 Å². The van der Waals surface area contributed by atoms with E-state index >= 15 is 0 Å². The molecule has 1 unspecified atom stereocenters. The molecule has 0 spiro atoms. The largest absolute Gasteiger partial charge is 0.322 e. The first kappa shape index (κ1) is 23.8. The van der Waals surface area contributed by atoms with Crippen LogP contribution in [0.1, 0.15) is 51.5 Å². The highest BCUT2D eigenvalue weighted by Crippen LogP contribution is 2.27. The number of para-hydroxylation sites is 1. The summed E-state index contributed by atoms with van der Waals surface area (Å²) in [5.74, 6) is 0.818. The molecule has 1 atom stereocenters. The minimum atomic E-state index is -0.363. The second-order valence-electron chi connectivity index (χ2n) is 8.40. The van der Waals surface area contributed by atoms with Gasteiger partial charge in [0.1, 0.15) is 5.82 Å². The van der Waals surface area contributed by atoms with E-state index in [0.29, 0.717) is 41.3 Å². The van der Waals surface area contributed by atoms with Crippen LogP contribution in [-0.4, -0.2) is 27.0 Å². The summed E-state index contributed by atoms with van der Waals surface area (Å²) < 4.78 is 1.67. The van der Waals surface area contributed by atoms with Crippen LogP contribution >= 0.6 is 11.6 Å². The lowest BCUT2D eigenvalue weighted by atomic mass is 10.1. The van der Waals surface area contributed by atoms with Crippen LogP contribution in [0.15, 0.2) is 47.3 Å². The second kappa shape index (κ2) is 10.2. The van der Waals surface area contributed by atoms with E-state index in [0.717, 1.165) is 11.3 Å². The van der Waals surface area contributed by atoms with Crippen molar-refractivity contribution in [2.45, 2.75) is 53.6 Å². The molecule has 1 N–H and O–H groups in total. The zero-order valence-corrected chi connectivity index (χ0v) is 20.1. The van der Waals surface area contributed by atoms with Crippen LogP contribution in [0.25, 0.3) is 10.9 Å². The van der Waals surface area contributed by atoms with Crippen LogP contribution in [0.3, 0.4) is 0 Å². The number of aromatic nitrogens is 2. The molecule has 3 aromatic rings. The molecule has 7 heteroatoms. The molecule has 2 amide bonds. The molecule has 32 heavy (non-hydrogen) atoms. The topological polar surface area (TPSA) is 67.2 Å². The number of hydrogen-bond acceptors (Lipinski definition) is 3. The van der Waals surface area contributed by atoms with E-state index in [1.54, 1.807) is 27.7 Å². The summed E-state index contributed by atoms with van der Waals surface area (Å²) in [6, 6.07) is 12.2. The minimum absolute atomic E-state index is 0.119. The average molecular weight is 455 g/mol. The minimum Gasteiger partial charge on any atom is -0.314 e. The fourth-order valence-corrected chi connectivity index (χ4v) is 4.13. The second-order valence-corrected chi connectivity index (χ2v) is 8.83. The van der Waals surface area contributed by atoms with Gasteiger partial charge in [0.2, 0.25) is 0 Å². The molecular weight excluding hydrogens is 424 g/mol. The van der Waals surface area contributed by atoms with E-state index in [9.17, 15) is 9.59 Å². The van der Waals surface area contributed by atoms with Gasteiger partial charge >= 0.3 is 6.03 Å². The summed E-state index contributed by atoms with van der Waals surface area (Å²) >= 11 is 6.17. The van der Waals surface area contributed by atoms with E-state index in [2.05, 4.69) is 19.2 Å². The third kappa shape index (κ3) is 4.96. The Hall–Kier alpha value is -2.86. The maximum Gasteiger partial charge on any atom is 0.322 e. The van der Waals surface area contributed by atoms with Gasteiger partial charge in [-0.25, -0.2) is 9.78 Å². The van der Waals surface area contributed by atoms with Crippen LogP contribution in [0.2, 0.25) is 5.02 Å². The van der Waals surface area contributed by atoms with Crippen molar-refractivity contribution in [1.82, 2.24) is 14.5 Å². The van der Waals surface area contributed by atoms with Gasteiger partial charge in [0.25, 0.3) is 5.56 Å². The maximum atomic E-state index is 13.5. The van der Waals surface area contributed by atoms with Crippen molar-refractivity contribution in [2.75, 3.05) is 11.9 Å². The number of halogens is 1. The van der Waals surface area contributed by atoms with Crippen molar-refractivity contribution < 1.29 is 4.79 Å². The predicted octanol–water partition coefficient (Wildman–Crippen LogP) is 6.02. The Labute approximate surface area is 194 Å². The van der Waals surface area contributed by atoms with Crippen LogP contribution in [0.4, 0.5) is 10.5 Å². The third-order valence-corrected chi connectivity index (χ3v) is 5.77. The Bertz CT molecular complexity index is 1170. The number of benzene rings is 2. The fourth-order valence-electron chi connectivity index (χ4n) is 3.96. The Morgan fingerprint density at radius 1 is 1.19 bits per heavy atom. The number of anilines is 1. The van der Waals surface area contributed by atoms with Gasteiger partial charge in [0.15, 0.2) is 0 Å². The first-order valence-electron chi connectivity index (χ1n) is 11.1. The lowest BCUT2D eigenvalue weighted by Crippen LogP contribution is -2.42. The Morgan fingerprint density at radius 2 is 1.91 bits per heavy atom. The summed E-state index contributed by atoms with van der Waals surface area (Å²) in [5, 5.41) is 4.09. The molecule has 2 aromatic carbocycles. The van der Waals surface area contributed by atoms with E-state index in [1.807, 2.05) is 45.0 Å². The van der Waals surface area contributed by atoms with Gasteiger partial charge in [-0.1, -0.05) is 50.6 Å². The van der Waals surface area contributed by atoms with E-state index in [1.165, 1.54) is 0 Å². The highest BCUT2D eigenvalue weighted by atomic mass is 35.5. The fraction of sp³-hybridized carbons (Fsp3) is 0.400. The van der Waals surface area contributed by atoms with Gasteiger partial charge in [-0.2, -0.15) is 0 Å². The van der Waals surface area contributed by atoms with Gasteiger partial charge in [-0.05, 0) is 56.0 Å². The number of hydrogen-bond donors (Lipinski definition) is 1. The van der Waals surface area contributed by atoms with Gasteiger partial charge < -0.3 is 10.2 Å². The number of nitrogens with one attached hydrogen (secondary N) is 1. The van der Waals surface area contributed by atoms with Gasteiger partial charge in [-0.3, -0.25) is 9.36 Å². The molecule has 0 aliphatic carbocycles. The standard InChI is InChI=1S/C25H31ClN4O2/c1-6-22(23-27-21-14-18(26)12-13-19(21)24(31)29(23)7-2)30(15-16(3)4)25(32)28-20-11-9-8-10-17(20)5/h8-14,16,22H,6-7,15H2,1-5H3,(H,28,32). The molecule has 0 aliphatic rings. The smallest absolute Gasteiger partial charge is 0.314 e. The summed E-state index contributed by atoms with van der Waals surface area (Å²) in [7, 11) is 0. The Kier molecular flexibility index (Phi) is 7.56. The zero-order chi connectivity index (χ0) is 23.4. The summed E-state index contributed by atoms with van der Waals surface area (Å²) in [4.78, 5) is 33.3. The Balaban J connectivity index is 2.11. The molecule has 6 nitrogen and oxygen atoms in total. The summed E-state index contributed by atoms with van der Waals surface area (Å²) in [6.07, 6.45) is 0.617. The van der Waals surface area contributed by atoms with Gasteiger partial charge in [-0.15, -0.1) is 0 Å². The molecule has 0 aliphatic heterocycles. The molecule has 0 radical (unpaired) electrons. The monoisotopic (exact) mass is 454 g/mol. The SMILES string of the molecule is CCC(c1nc2cc(Cl)ccc2c(=O)n1CC)N(CC(C)C)C(=O)Nc1ccccc1C. The number of carbonyl (C=O) groups excluding carboxylic acids is 1. The number of amides is 2. The zero-order valence-electron chi connectivity index (χ0n) is 19.4. The highest BCUT2D eigenvalue weighted by molar-refractivity contribution is 6.31. The number of rotatable bonds is 7. The first-order valence-corrected chi connectivity index (χ1v) is 11.5. The number of fused-ring (bicyclic) bond motifs is 1. The normalized spacial score (nSPS) is 12.2. The maximum absolute atomic E-state index is 13.5. The van der Waals surface area contributed by atoms with Crippen molar-refractivity contribution >= 4 is 34.2 Å². The predicted molar refractivity (Wildman–Crippen MR) is 131 cm³/mol. The van der Waals surface area contributed by atoms with Crippen molar-refractivity contribution in [3.05, 3.63) is 69.2 Å². The number of aryl methyl sites for hydroxylation is 1. The van der Waals surface area contributed by atoms with E-state index < -0.39 is 0 Å². The first-order chi connectivity index (χ1) is 15.3. The molecule has 0 fully saturated rings. The molecular formula is C25H31ClN4O2. The number of carbonyl (C=O) groups is 1. The average Bonchev–Trinajstić information content (AvgIpc) is 2.75. The number of urea groups is 1. The third-order valence-electron chi connectivity index (χ3n) is 5.53. The lowest BCUT2D eigenvalue weighted by Gasteiger charge is -2.33. The van der Waals surface area contributed by atoms with E-state index in [4.69, 9.17) is 16.6 Å². The number of nitrogens with zero attached hydrogens (tertiary/aromatic N) is 3. The lowest BCUT2D eigenvalue weighted by molar-refractivity contribution is 0.170. The molecule has 0 saturated carbocycles. The van der Waals surface area contributed by atoms with Crippen molar-refractivity contribution in [1.29, 1.82) is 0 Å². The van der Waals surface area contributed by atoms with Gasteiger partial charge in [0, 0.05) is 23.8 Å². The van der Waals surface area contributed by atoms with Crippen LogP contribution in [0, 0.1) is 12.8 Å². The molecule has 170 valence electrons. The summed E-state index contributed by atoms with van der Waals surface area (Å²) in [5.41, 5.74) is 2.19. The molecule has 1 aromatic heterocycles. The summed E-state index contributed by atoms with van der Waals surface area (Å²) in [6.45, 7) is 11.0. The van der Waals surface area contributed by atoms with Crippen LogP contribution in [-0.2, 0) is 6.54 Å².